The molecule has 1 fully saturated rings. The van der Waals surface area contributed by atoms with Crippen LogP contribution in [0.25, 0.3) is 10.9 Å². The first-order valence-corrected chi connectivity index (χ1v) is 11.4. The summed E-state index contributed by atoms with van der Waals surface area (Å²) in [5.74, 6) is -2.68. The molecule has 162 valence electrons. The molecule has 0 N–H and O–H groups in total. The molecule has 1 aromatic heterocycles. The van der Waals surface area contributed by atoms with Gasteiger partial charge in [0.05, 0.1) is 26.8 Å². The van der Waals surface area contributed by atoms with Crippen molar-refractivity contribution in [2.45, 2.75) is 82.9 Å². The van der Waals surface area contributed by atoms with Gasteiger partial charge < -0.3 is 0 Å². The van der Waals surface area contributed by atoms with Crippen LogP contribution in [0.15, 0.2) is 21.3 Å². The van der Waals surface area contributed by atoms with Crippen molar-refractivity contribution in [1.82, 2.24) is 9.55 Å². The van der Waals surface area contributed by atoms with Crippen LogP contribution < -0.4 is 5.56 Å². The fraction of sp³-hybridized carbons (Fsp3) is 0.591. The molecule has 0 radical (unpaired) electrons. The quantitative estimate of drug-likeness (QED) is 0.655. The summed E-state index contributed by atoms with van der Waals surface area (Å²) < 4.78 is 47.6. The van der Waals surface area contributed by atoms with Crippen molar-refractivity contribution in [3.05, 3.63) is 39.4 Å². The molecule has 2 heterocycles. The van der Waals surface area contributed by atoms with E-state index in [2.05, 4.69) is 9.38 Å². The molecule has 1 unspecified atom stereocenters. The Morgan fingerprint density at radius 3 is 2.53 bits per heavy atom. The first-order chi connectivity index (χ1) is 13.9. The molecule has 0 saturated heterocycles. The molecule has 0 bridgehead atoms. The lowest BCUT2D eigenvalue weighted by Crippen LogP contribution is -2.40. The van der Waals surface area contributed by atoms with Crippen LogP contribution in [0.2, 0.25) is 0 Å². The van der Waals surface area contributed by atoms with Crippen molar-refractivity contribution < 1.29 is 13.0 Å². The van der Waals surface area contributed by atoms with Crippen LogP contribution in [0.3, 0.4) is 0 Å². The molecule has 2 aromatic rings. The number of hydrogen-bond donors (Lipinski definition) is 0. The molecule has 30 heavy (non-hydrogen) atoms. The highest BCUT2D eigenvalue weighted by atomic mass is 32.2. The standard InChI is InChI=1S/C22H27F2N3O2S/c1-13-11-15(14(2)26-30(29)20(3,4)5)17-16(12-13)18(28)27-10-9-21(19(27)25-17)7-6-8-22(21,23)24/h11-12H,6-10H2,1-5H3/t21?,30-/m1/s1. The number of rotatable bonds is 2. The van der Waals surface area contributed by atoms with Gasteiger partial charge in [0.2, 0.25) is 0 Å². The normalized spacial score (nSPS) is 24.6. The summed E-state index contributed by atoms with van der Waals surface area (Å²) in [5, 5.41) is 0.392. The third-order valence-electron chi connectivity index (χ3n) is 6.32. The molecule has 5 nitrogen and oxygen atoms in total. The summed E-state index contributed by atoms with van der Waals surface area (Å²) in [6.07, 6.45) is 0.813. The minimum atomic E-state index is -2.87. The van der Waals surface area contributed by atoms with Crippen LogP contribution in [0.4, 0.5) is 8.78 Å². The first kappa shape index (κ1) is 21.3. The maximum absolute atomic E-state index is 14.9. The number of fused-ring (bicyclic) bond motifs is 3. The Bertz CT molecular complexity index is 1160. The van der Waals surface area contributed by atoms with E-state index in [1.165, 1.54) is 4.57 Å². The fourth-order valence-electron chi connectivity index (χ4n) is 4.66. The molecule has 8 heteroatoms. The summed E-state index contributed by atoms with van der Waals surface area (Å²) in [7, 11) is -1.49. The lowest BCUT2D eigenvalue weighted by molar-refractivity contribution is -0.0584. The summed E-state index contributed by atoms with van der Waals surface area (Å²) >= 11 is 0. The monoisotopic (exact) mass is 435 g/mol. The minimum absolute atomic E-state index is 0.174. The first-order valence-electron chi connectivity index (χ1n) is 10.3. The van der Waals surface area contributed by atoms with Crippen molar-refractivity contribution in [3.63, 3.8) is 0 Å². The van der Waals surface area contributed by atoms with Gasteiger partial charge in [-0.1, -0.05) is 0 Å². The maximum Gasteiger partial charge on any atom is 0.261 e. The third-order valence-corrected chi connectivity index (χ3v) is 7.81. The average Bonchev–Trinajstić information content (AvgIpc) is 3.16. The number of halogens is 2. The van der Waals surface area contributed by atoms with Gasteiger partial charge in [-0.15, -0.1) is 0 Å². The van der Waals surface area contributed by atoms with Gasteiger partial charge in [-0.3, -0.25) is 9.36 Å². The van der Waals surface area contributed by atoms with Gasteiger partial charge in [0, 0.05) is 18.5 Å². The van der Waals surface area contributed by atoms with E-state index in [9.17, 15) is 17.8 Å². The van der Waals surface area contributed by atoms with Crippen molar-refractivity contribution in [3.8, 4) is 0 Å². The number of hydrogen-bond acceptors (Lipinski definition) is 3. The molecular formula is C22H27F2N3O2S. The second-order valence-electron chi connectivity index (χ2n) is 9.53. The van der Waals surface area contributed by atoms with E-state index < -0.39 is 27.1 Å². The zero-order chi connectivity index (χ0) is 22.1. The smallest absolute Gasteiger partial charge is 0.261 e. The Hall–Kier alpha value is -1.96. The molecule has 1 aliphatic heterocycles. The summed E-state index contributed by atoms with van der Waals surface area (Å²) in [6, 6.07) is 3.58. The summed E-state index contributed by atoms with van der Waals surface area (Å²) in [4.78, 5) is 17.9. The van der Waals surface area contributed by atoms with E-state index in [4.69, 9.17) is 0 Å². The molecule has 2 atom stereocenters. The SMILES string of the molecule is CC(=N[S@](=O)C(C)(C)C)c1cc(C)cc2c(=O)n3c(nc12)C1(CCCC1(F)F)CC3. The third kappa shape index (κ3) is 3.06. The molecule has 2 aliphatic rings. The Kier molecular flexibility index (Phi) is 4.80. The summed E-state index contributed by atoms with van der Waals surface area (Å²) in [5.41, 5.74) is 0.608. The highest BCUT2D eigenvalue weighted by Crippen LogP contribution is 2.55. The topological polar surface area (TPSA) is 64.3 Å². The molecule has 1 aliphatic carbocycles. The van der Waals surface area contributed by atoms with Crippen molar-refractivity contribution in [2.75, 3.05) is 0 Å². The van der Waals surface area contributed by atoms with Crippen LogP contribution in [-0.2, 0) is 22.9 Å². The summed E-state index contributed by atoms with van der Waals surface area (Å²) in [6.45, 7) is 9.34. The predicted octanol–water partition coefficient (Wildman–Crippen LogP) is 4.44. The van der Waals surface area contributed by atoms with Crippen molar-refractivity contribution in [1.29, 1.82) is 0 Å². The van der Waals surface area contributed by atoms with Crippen LogP contribution in [0, 0.1) is 6.92 Å². The Morgan fingerprint density at radius 1 is 1.23 bits per heavy atom. The van der Waals surface area contributed by atoms with Gasteiger partial charge in [-0.2, -0.15) is 4.40 Å². The number of aryl methyl sites for hydroxylation is 1. The molecule has 1 spiro atoms. The number of nitrogens with zero attached hydrogens (tertiary/aromatic N) is 3. The highest BCUT2D eigenvalue weighted by molar-refractivity contribution is 7.85. The van der Waals surface area contributed by atoms with E-state index in [-0.39, 0.29) is 30.8 Å². The predicted molar refractivity (Wildman–Crippen MR) is 116 cm³/mol. The Balaban J connectivity index is 1.99. The fourth-order valence-corrected chi connectivity index (χ4v) is 5.28. The lowest BCUT2D eigenvalue weighted by Gasteiger charge is -2.30. The Morgan fingerprint density at radius 2 is 1.93 bits per heavy atom. The molecule has 1 saturated carbocycles. The molecule has 1 aromatic carbocycles. The Labute approximate surface area is 177 Å². The minimum Gasteiger partial charge on any atom is -0.295 e. The van der Waals surface area contributed by atoms with Crippen LogP contribution in [0.5, 0.6) is 0 Å². The van der Waals surface area contributed by atoms with Gasteiger partial charge in [0.1, 0.15) is 16.8 Å². The van der Waals surface area contributed by atoms with Gasteiger partial charge >= 0.3 is 0 Å². The lowest BCUT2D eigenvalue weighted by atomic mass is 9.81. The van der Waals surface area contributed by atoms with Crippen molar-refractivity contribution >= 4 is 27.6 Å². The zero-order valence-corrected chi connectivity index (χ0v) is 18.8. The average molecular weight is 436 g/mol. The molecule has 0 amide bonds. The number of aromatic nitrogens is 2. The molecular weight excluding hydrogens is 408 g/mol. The van der Waals surface area contributed by atoms with E-state index in [0.717, 1.165) is 5.56 Å². The van der Waals surface area contributed by atoms with E-state index in [1.807, 2.05) is 33.8 Å². The van der Waals surface area contributed by atoms with Gasteiger partial charge in [-0.05, 0) is 71.6 Å². The highest BCUT2D eigenvalue weighted by Gasteiger charge is 2.62. The second kappa shape index (κ2) is 6.77. The van der Waals surface area contributed by atoms with E-state index in [0.29, 0.717) is 35.0 Å². The van der Waals surface area contributed by atoms with Gasteiger partial charge in [0.25, 0.3) is 11.5 Å². The van der Waals surface area contributed by atoms with Crippen LogP contribution in [-0.4, -0.2) is 30.1 Å². The van der Waals surface area contributed by atoms with E-state index in [1.54, 1.807) is 13.0 Å². The van der Waals surface area contributed by atoms with Gasteiger partial charge in [0.15, 0.2) is 0 Å². The van der Waals surface area contributed by atoms with Crippen LogP contribution >= 0.6 is 0 Å². The van der Waals surface area contributed by atoms with E-state index >= 15 is 0 Å². The van der Waals surface area contributed by atoms with Crippen molar-refractivity contribution in [2.24, 2.45) is 4.40 Å². The molecule has 4 rings (SSSR count). The second-order valence-corrected chi connectivity index (χ2v) is 11.4. The number of benzene rings is 1. The number of alkyl halides is 2. The largest absolute Gasteiger partial charge is 0.295 e. The van der Waals surface area contributed by atoms with Crippen LogP contribution in [0.1, 0.15) is 70.3 Å². The maximum atomic E-state index is 14.9. The zero-order valence-electron chi connectivity index (χ0n) is 18.0. The van der Waals surface area contributed by atoms with Gasteiger partial charge in [-0.25, -0.2) is 18.0 Å².